The van der Waals surface area contributed by atoms with Crippen molar-refractivity contribution in [3.8, 4) is 6.07 Å². The summed E-state index contributed by atoms with van der Waals surface area (Å²) in [5.41, 5.74) is 2.16. The van der Waals surface area contributed by atoms with Crippen LogP contribution in [0.25, 0.3) is 0 Å². The number of benzene rings is 1. The minimum absolute atomic E-state index is 0.0368. The van der Waals surface area contributed by atoms with E-state index in [-0.39, 0.29) is 11.8 Å². The molecule has 1 amide bonds. The molecule has 1 aromatic carbocycles. The average Bonchev–Trinajstić information content (AvgIpc) is 2.93. The summed E-state index contributed by atoms with van der Waals surface area (Å²) in [7, 11) is 1.67. The van der Waals surface area contributed by atoms with Gasteiger partial charge in [-0.25, -0.2) is 0 Å². The second-order valence-electron chi connectivity index (χ2n) is 5.70. The molecule has 118 valence electrons. The molecule has 6 heteroatoms. The number of nitriles is 1. The first kappa shape index (κ1) is 15.3. The van der Waals surface area contributed by atoms with Crippen LogP contribution in [-0.4, -0.2) is 40.8 Å². The van der Waals surface area contributed by atoms with Crippen LogP contribution in [0.5, 0.6) is 0 Å². The fourth-order valence-corrected chi connectivity index (χ4v) is 2.90. The molecule has 1 aliphatic rings. The first-order valence-electron chi connectivity index (χ1n) is 7.50. The van der Waals surface area contributed by atoms with Crippen molar-refractivity contribution in [3.63, 3.8) is 0 Å². The van der Waals surface area contributed by atoms with Gasteiger partial charge in [0.1, 0.15) is 0 Å². The van der Waals surface area contributed by atoms with Crippen LogP contribution in [0.1, 0.15) is 21.6 Å². The lowest BCUT2D eigenvalue weighted by Crippen LogP contribution is -2.35. The number of nitrogens with zero attached hydrogens (tertiary/aromatic N) is 4. The molecular formula is C17H18N4O2. The Bertz CT molecular complexity index is 730. The number of methoxy groups -OCH3 is 1. The zero-order valence-corrected chi connectivity index (χ0v) is 13.0. The second-order valence-corrected chi connectivity index (χ2v) is 5.70. The van der Waals surface area contributed by atoms with Gasteiger partial charge in [0.25, 0.3) is 5.91 Å². The highest BCUT2D eigenvalue weighted by Crippen LogP contribution is 2.18. The van der Waals surface area contributed by atoms with Crippen LogP contribution in [0, 0.1) is 17.2 Å². The molecular weight excluding hydrogens is 292 g/mol. The number of fused-ring (bicyclic) bond motifs is 1. The summed E-state index contributed by atoms with van der Waals surface area (Å²) in [5.74, 6) is 0.161. The van der Waals surface area contributed by atoms with E-state index in [4.69, 9.17) is 10.00 Å². The minimum Gasteiger partial charge on any atom is -0.384 e. The highest BCUT2D eigenvalue weighted by molar-refractivity contribution is 5.94. The van der Waals surface area contributed by atoms with Gasteiger partial charge < -0.3 is 9.64 Å². The Morgan fingerprint density at radius 1 is 1.35 bits per heavy atom. The van der Waals surface area contributed by atoms with E-state index in [1.54, 1.807) is 37.6 Å². The number of hydrogen-bond acceptors (Lipinski definition) is 4. The Morgan fingerprint density at radius 2 is 2.13 bits per heavy atom. The largest absolute Gasteiger partial charge is 0.384 e. The van der Waals surface area contributed by atoms with Crippen LogP contribution in [0.4, 0.5) is 0 Å². The Morgan fingerprint density at radius 3 is 2.83 bits per heavy atom. The van der Waals surface area contributed by atoms with Crippen molar-refractivity contribution in [1.29, 1.82) is 5.26 Å². The summed E-state index contributed by atoms with van der Waals surface area (Å²) in [5, 5.41) is 13.2. The molecule has 0 fully saturated rings. The lowest BCUT2D eigenvalue weighted by molar-refractivity contribution is 0.0666. The van der Waals surface area contributed by atoms with Crippen LogP contribution in [0.3, 0.4) is 0 Å². The average molecular weight is 310 g/mol. The Kier molecular flexibility index (Phi) is 4.40. The molecule has 3 rings (SSSR count). The van der Waals surface area contributed by atoms with Gasteiger partial charge >= 0.3 is 0 Å². The molecule has 1 atom stereocenters. The summed E-state index contributed by atoms with van der Waals surface area (Å²) in [6.07, 6.45) is 1.76. The van der Waals surface area contributed by atoms with E-state index in [0.717, 1.165) is 12.2 Å². The van der Waals surface area contributed by atoms with E-state index in [1.165, 1.54) is 0 Å². The maximum absolute atomic E-state index is 12.8. The molecule has 1 aliphatic heterocycles. The third-order valence-electron chi connectivity index (χ3n) is 4.02. The van der Waals surface area contributed by atoms with Crippen LogP contribution < -0.4 is 0 Å². The number of hydrogen-bond donors (Lipinski definition) is 0. The maximum Gasteiger partial charge on any atom is 0.254 e. The van der Waals surface area contributed by atoms with E-state index in [9.17, 15) is 4.79 Å². The molecule has 0 saturated heterocycles. The van der Waals surface area contributed by atoms with Gasteiger partial charge in [0, 0.05) is 37.9 Å². The van der Waals surface area contributed by atoms with Crippen molar-refractivity contribution in [2.24, 2.45) is 5.92 Å². The standard InChI is InChI=1S/C17H18N4O2/c1-23-12-14-9-20(11-16-6-7-19-21(16)10-14)17(22)15-4-2-13(8-18)3-5-15/h2-7,14H,9-12H2,1H3. The van der Waals surface area contributed by atoms with Gasteiger partial charge in [0.15, 0.2) is 0 Å². The Balaban J connectivity index is 1.84. The normalized spacial score (nSPS) is 17.2. The molecule has 0 spiro atoms. The predicted octanol–water partition coefficient (Wildman–Crippen LogP) is 1.67. The summed E-state index contributed by atoms with van der Waals surface area (Å²) < 4.78 is 7.22. The van der Waals surface area contributed by atoms with E-state index in [0.29, 0.717) is 30.8 Å². The summed E-state index contributed by atoms with van der Waals surface area (Å²) in [6, 6.07) is 10.7. The highest BCUT2D eigenvalue weighted by atomic mass is 16.5. The van der Waals surface area contributed by atoms with Crippen molar-refractivity contribution in [2.75, 3.05) is 20.3 Å². The van der Waals surface area contributed by atoms with Crippen molar-refractivity contribution in [2.45, 2.75) is 13.1 Å². The quantitative estimate of drug-likeness (QED) is 0.864. The fourth-order valence-electron chi connectivity index (χ4n) is 2.90. The molecule has 2 aromatic rings. The smallest absolute Gasteiger partial charge is 0.254 e. The molecule has 0 saturated carbocycles. The van der Waals surface area contributed by atoms with Gasteiger partial charge in [-0.2, -0.15) is 10.4 Å². The molecule has 0 N–H and O–H groups in total. The van der Waals surface area contributed by atoms with Crippen LogP contribution in [0.15, 0.2) is 36.5 Å². The number of carbonyl (C=O) groups excluding carboxylic acids is 1. The lowest BCUT2D eigenvalue weighted by atomic mass is 10.1. The maximum atomic E-state index is 12.8. The number of amides is 1. The van der Waals surface area contributed by atoms with Gasteiger partial charge in [-0.15, -0.1) is 0 Å². The second kappa shape index (κ2) is 6.63. The zero-order chi connectivity index (χ0) is 16.2. The third-order valence-corrected chi connectivity index (χ3v) is 4.02. The van der Waals surface area contributed by atoms with Crippen LogP contribution in [-0.2, 0) is 17.8 Å². The van der Waals surface area contributed by atoms with Crippen LogP contribution >= 0.6 is 0 Å². The number of ether oxygens (including phenoxy) is 1. The van der Waals surface area contributed by atoms with Crippen LogP contribution in [0.2, 0.25) is 0 Å². The summed E-state index contributed by atoms with van der Waals surface area (Å²) in [6.45, 7) is 2.47. The van der Waals surface area contributed by atoms with E-state index >= 15 is 0 Å². The third kappa shape index (κ3) is 3.25. The first-order chi connectivity index (χ1) is 11.2. The number of aromatic nitrogens is 2. The minimum atomic E-state index is -0.0368. The molecule has 0 aliphatic carbocycles. The van der Waals surface area contributed by atoms with E-state index < -0.39 is 0 Å². The fraction of sp³-hybridized carbons (Fsp3) is 0.353. The Hall–Kier alpha value is -2.65. The van der Waals surface area contributed by atoms with E-state index in [1.807, 2.05) is 15.6 Å². The summed E-state index contributed by atoms with van der Waals surface area (Å²) in [4.78, 5) is 14.6. The molecule has 1 unspecified atom stereocenters. The van der Waals surface area contributed by atoms with Crippen molar-refractivity contribution >= 4 is 5.91 Å². The zero-order valence-electron chi connectivity index (χ0n) is 13.0. The van der Waals surface area contributed by atoms with Gasteiger partial charge in [0.2, 0.25) is 0 Å². The monoisotopic (exact) mass is 310 g/mol. The van der Waals surface area contributed by atoms with Gasteiger partial charge in [-0.1, -0.05) is 0 Å². The molecule has 0 bridgehead atoms. The molecule has 2 heterocycles. The molecule has 23 heavy (non-hydrogen) atoms. The van der Waals surface area contributed by atoms with Crippen molar-refractivity contribution < 1.29 is 9.53 Å². The molecule has 1 aromatic heterocycles. The molecule has 6 nitrogen and oxygen atoms in total. The van der Waals surface area contributed by atoms with Gasteiger partial charge in [-0.3, -0.25) is 9.48 Å². The number of rotatable bonds is 3. The van der Waals surface area contributed by atoms with E-state index in [2.05, 4.69) is 11.2 Å². The van der Waals surface area contributed by atoms with Crippen molar-refractivity contribution in [3.05, 3.63) is 53.3 Å². The summed E-state index contributed by atoms with van der Waals surface area (Å²) >= 11 is 0. The molecule has 0 radical (unpaired) electrons. The van der Waals surface area contributed by atoms with Gasteiger partial charge in [-0.05, 0) is 30.3 Å². The Labute approximate surface area is 134 Å². The van der Waals surface area contributed by atoms with Gasteiger partial charge in [0.05, 0.1) is 30.5 Å². The topological polar surface area (TPSA) is 71.2 Å². The van der Waals surface area contributed by atoms with Crippen molar-refractivity contribution in [1.82, 2.24) is 14.7 Å². The SMILES string of the molecule is COCC1CN(C(=O)c2ccc(C#N)cc2)Cc2ccnn2C1. The predicted molar refractivity (Wildman–Crippen MR) is 83.5 cm³/mol. The first-order valence-corrected chi connectivity index (χ1v) is 7.50. The highest BCUT2D eigenvalue weighted by Gasteiger charge is 2.26. The number of carbonyl (C=O) groups is 1. The lowest BCUT2D eigenvalue weighted by Gasteiger charge is -2.24.